The van der Waals surface area contributed by atoms with Gasteiger partial charge in [0.1, 0.15) is 0 Å². The largest absolute Gasteiger partial charge is 0.481 e. The SMILES string of the molecule is CC1(C)C(C(=O)O)C1C(=O)NC1CCN2CCCCC12. The topological polar surface area (TPSA) is 69.6 Å². The highest BCUT2D eigenvalue weighted by Crippen LogP contribution is 2.58. The van der Waals surface area contributed by atoms with Crippen LogP contribution >= 0.6 is 0 Å². The molecule has 3 rings (SSSR count). The molecule has 0 spiro atoms. The summed E-state index contributed by atoms with van der Waals surface area (Å²) in [7, 11) is 0. The molecule has 2 N–H and O–H groups in total. The number of hydrogen-bond acceptors (Lipinski definition) is 3. The van der Waals surface area contributed by atoms with Crippen LogP contribution in [0.4, 0.5) is 0 Å². The number of amides is 1. The van der Waals surface area contributed by atoms with Crippen LogP contribution in [0.1, 0.15) is 39.5 Å². The molecule has 4 unspecified atom stereocenters. The first kappa shape index (κ1) is 13.9. The standard InChI is InChI=1S/C15H24N2O3/c1-15(2)11(12(15)14(19)20)13(18)16-9-6-8-17-7-4-3-5-10(9)17/h9-12H,3-8H2,1-2H3,(H,16,18)(H,19,20). The van der Waals surface area contributed by atoms with E-state index >= 15 is 0 Å². The molecule has 0 aromatic rings. The van der Waals surface area contributed by atoms with E-state index in [0.29, 0.717) is 6.04 Å². The Morgan fingerprint density at radius 1 is 1.15 bits per heavy atom. The summed E-state index contributed by atoms with van der Waals surface area (Å²) in [6.07, 6.45) is 4.65. The minimum atomic E-state index is -0.846. The molecule has 3 aliphatic rings. The van der Waals surface area contributed by atoms with Crippen molar-refractivity contribution in [1.29, 1.82) is 0 Å². The van der Waals surface area contributed by atoms with Gasteiger partial charge in [-0.05, 0) is 31.2 Å². The molecule has 1 amide bonds. The zero-order valence-electron chi connectivity index (χ0n) is 12.3. The Hall–Kier alpha value is -1.10. The van der Waals surface area contributed by atoms with Crippen LogP contribution in [-0.2, 0) is 9.59 Å². The second kappa shape index (κ2) is 4.72. The predicted molar refractivity (Wildman–Crippen MR) is 74.2 cm³/mol. The molecule has 0 aromatic carbocycles. The summed E-state index contributed by atoms with van der Waals surface area (Å²) in [5.41, 5.74) is -0.402. The van der Waals surface area contributed by atoms with E-state index in [1.54, 1.807) is 0 Å². The lowest BCUT2D eigenvalue weighted by Crippen LogP contribution is -2.47. The van der Waals surface area contributed by atoms with E-state index in [-0.39, 0.29) is 17.9 Å². The van der Waals surface area contributed by atoms with E-state index in [1.165, 1.54) is 12.8 Å². The minimum Gasteiger partial charge on any atom is -0.481 e. The molecule has 2 saturated heterocycles. The molecule has 3 fully saturated rings. The van der Waals surface area contributed by atoms with E-state index in [4.69, 9.17) is 5.11 Å². The molecule has 1 aliphatic carbocycles. The molecule has 20 heavy (non-hydrogen) atoms. The molecule has 2 heterocycles. The molecule has 5 nitrogen and oxygen atoms in total. The third-order valence-corrected chi connectivity index (χ3v) is 5.56. The average molecular weight is 280 g/mol. The fraction of sp³-hybridized carbons (Fsp3) is 0.867. The molecule has 112 valence electrons. The first-order valence-corrected chi connectivity index (χ1v) is 7.70. The number of nitrogens with one attached hydrogen (secondary N) is 1. The van der Waals surface area contributed by atoms with Gasteiger partial charge in [0.05, 0.1) is 11.8 Å². The molecular formula is C15H24N2O3. The summed E-state index contributed by atoms with van der Waals surface area (Å²) < 4.78 is 0. The van der Waals surface area contributed by atoms with Crippen LogP contribution in [0, 0.1) is 17.3 Å². The lowest BCUT2D eigenvalue weighted by Gasteiger charge is -2.32. The van der Waals surface area contributed by atoms with Gasteiger partial charge in [-0.1, -0.05) is 20.3 Å². The lowest BCUT2D eigenvalue weighted by molar-refractivity contribution is -0.140. The van der Waals surface area contributed by atoms with Crippen molar-refractivity contribution in [3.05, 3.63) is 0 Å². The van der Waals surface area contributed by atoms with E-state index in [0.717, 1.165) is 25.9 Å². The Morgan fingerprint density at radius 2 is 1.90 bits per heavy atom. The summed E-state index contributed by atoms with van der Waals surface area (Å²) in [6.45, 7) is 5.95. The van der Waals surface area contributed by atoms with Crippen molar-refractivity contribution in [2.75, 3.05) is 13.1 Å². The van der Waals surface area contributed by atoms with Crippen LogP contribution in [0.2, 0.25) is 0 Å². The van der Waals surface area contributed by atoms with Gasteiger partial charge >= 0.3 is 5.97 Å². The molecule has 0 radical (unpaired) electrons. The Kier molecular flexibility index (Phi) is 3.27. The Morgan fingerprint density at radius 3 is 2.55 bits per heavy atom. The Labute approximate surface area is 119 Å². The average Bonchev–Trinajstić information content (AvgIpc) is 2.77. The number of piperidine rings is 1. The number of aliphatic carboxylic acids is 1. The number of hydrogen-bond donors (Lipinski definition) is 2. The zero-order chi connectivity index (χ0) is 14.5. The van der Waals surface area contributed by atoms with Gasteiger partial charge in [-0.3, -0.25) is 14.5 Å². The van der Waals surface area contributed by atoms with Gasteiger partial charge in [0.15, 0.2) is 0 Å². The maximum absolute atomic E-state index is 12.4. The molecule has 0 bridgehead atoms. The van der Waals surface area contributed by atoms with Crippen LogP contribution in [0.15, 0.2) is 0 Å². The summed E-state index contributed by atoms with van der Waals surface area (Å²) >= 11 is 0. The van der Waals surface area contributed by atoms with Gasteiger partial charge in [-0.25, -0.2) is 0 Å². The van der Waals surface area contributed by atoms with Gasteiger partial charge in [-0.15, -0.1) is 0 Å². The lowest BCUT2D eigenvalue weighted by atomic mass is 9.98. The van der Waals surface area contributed by atoms with Gasteiger partial charge < -0.3 is 10.4 Å². The highest BCUT2D eigenvalue weighted by Gasteiger charge is 2.66. The third kappa shape index (κ3) is 2.12. The van der Waals surface area contributed by atoms with E-state index in [2.05, 4.69) is 10.2 Å². The maximum Gasteiger partial charge on any atom is 0.307 e. The second-order valence-corrected chi connectivity index (χ2v) is 7.12. The highest BCUT2D eigenvalue weighted by atomic mass is 16.4. The van der Waals surface area contributed by atoms with Crippen LogP contribution in [-0.4, -0.2) is 47.1 Å². The maximum atomic E-state index is 12.4. The first-order chi connectivity index (χ1) is 9.43. The van der Waals surface area contributed by atoms with Crippen molar-refractivity contribution in [3.8, 4) is 0 Å². The molecule has 1 saturated carbocycles. The van der Waals surface area contributed by atoms with Crippen molar-refractivity contribution >= 4 is 11.9 Å². The summed E-state index contributed by atoms with van der Waals surface area (Å²) in [4.78, 5) is 26.0. The van der Waals surface area contributed by atoms with Crippen molar-refractivity contribution in [3.63, 3.8) is 0 Å². The van der Waals surface area contributed by atoms with Gasteiger partial charge in [0, 0.05) is 18.6 Å². The van der Waals surface area contributed by atoms with Crippen LogP contribution < -0.4 is 5.32 Å². The van der Waals surface area contributed by atoms with Crippen molar-refractivity contribution in [2.24, 2.45) is 17.3 Å². The Balaban J connectivity index is 1.61. The van der Waals surface area contributed by atoms with Crippen molar-refractivity contribution in [1.82, 2.24) is 10.2 Å². The van der Waals surface area contributed by atoms with Gasteiger partial charge in [0.25, 0.3) is 0 Å². The summed E-state index contributed by atoms with van der Waals surface area (Å²) in [5.74, 6) is -1.79. The zero-order valence-corrected chi connectivity index (χ0v) is 12.3. The normalized spacial score (nSPS) is 39.1. The third-order valence-electron chi connectivity index (χ3n) is 5.56. The number of nitrogens with zero attached hydrogens (tertiary/aromatic N) is 1. The number of carbonyl (C=O) groups excluding carboxylic acids is 1. The number of rotatable bonds is 3. The molecule has 4 atom stereocenters. The molecule has 0 aromatic heterocycles. The molecule has 2 aliphatic heterocycles. The smallest absolute Gasteiger partial charge is 0.307 e. The predicted octanol–water partition coefficient (Wildman–Crippen LogP) is 1.09. The number of carbonyl (C=O) groups is 2. The van der Waals surface area contributed by atoms with Crippen LogP contribution in [0.3, 0.4) is 0 Å². The molecular weight excluding hydrogens is 256 g/mol. The number of fused-ring (bicyclic) bond motifs is 1. The number of carboxylic acids is 1. The minimum absolute atomic E-state index is 0.0557. The van der Waals surface area contributed by atoms with E-state index in [1.807, 2.05) is 13.8 Å². The van der Waals surface area contributed by atoms with E-state index in [9.17, 15) is 9.59 Å². The fourth-order valence-corrected chi connectivity index (χ4v) is 4.28. The van der Waals surface area contributed by atoms with Gasteiger partial charge in [-0.2, -0.15) is 0 Å². The Bertz CT molecular complexity index is 435. The van der Waals surface area contributed by atoms with Gasteiger partial charge in [0.2, 0.25) is 5.91 Å². The second-order valence-electron chi connectivity index (χ2n) is 7.12. The van der Waals surface area contributed by atoms with Crippen molar-refractivity contribution < 1.29 is 14.7 Å². The fourth-order valence-electron chi connectivity index (χ4n) is 4.28. The van der Waals surface area contributed by atoms with Crippen LogP contribution in [0.25, 0.3) is 0 Å². The summed E-state index contributed by atoms with van der Waals surface area (Å²) in [5, 5.41) is 12.3. The highest BCUT2D eigenvalue weighted by molar-refractivity contribution is 5.91. The van der Waals surface area contributed by atoms with Crippen molar-refractivity contribution in [2.45, 2.75) is 51.6 Å². The number of carboxylic acid groups (broad SMARTS) is 1. The first-order valence-electron chi connectivity index (χ1n) is 7.70. The van der Waals surface area contributed by atoms with E-state index < -0.39 is 17.3 Å². The molecule has 5 heteroatoms. The summed E-state index contributed by atoms with van der Waals surface area (Å²) in [6, 6.07) is 0.687. The quantitative estimate of drug-likeness (QED) is 0.812. The monoisotopic (exact) mass is 280 g/mol. The van der Waals surface area contributed by atoms with Crippen LogP contribution in [0.5, 0.6) is 0 Å².